The van der Waals surface area contributed by atoms with Crippen LogP contribution in [0, 0.1) is 27.7 Å². The first-order chi connectivity index (χ1) is 12.9. The predicted octanol–water partition coefficient (Wildman–Crippen LogP) is 4.22. The van der Waals surface area contributed by atoms with Gasteiger partial charge >= 0.3 is 7.98 Å². The van der Waals surface area contributed by atoms with Gasteiger partial charge in [0.1, 0.15) is 6.21 Å². The number of allylic oxidation sites excluding steroid dienone is 2. The summed E-state index contributed by atoms with van der Waals surface area (Å²) < 4.78 is 1.65. The highest BCUT2D eigenvalue weighted by Gasteiger charge is 2.20. The fraction of sp³-hybridized carbons (Fsp3) is 0.261. The molecule has 0 unspecified atom stereocenters. The molecule has 2 radical (unpaired) electrons. The SMILES string of the molecule is [B][N+]1=CC=CC1=C(CCN)c1[nH]c(/C=C/c2c(C)cc(C)cc2C)cc1C. The minimum atomic E-state index is 0.575. The number of nitrogens with two attached hydrogens (primary N) is 1. The Balaban J connectivity index is 1.98. The van der Waals surface area contributed by atoms with Crippen molar-refractivity contribution < 1.29 is 4.49 Å². The van der Waals surface area contributed by atoms with E-state index in [1.54, 1.807) is 4.49 Å². The highest BCUT2D eigenvalue weighted by Crippen LogP contribution is 2.28. The summed E-state index contributed by atoms with van der Waals surface area (Å²) in [6.07, 6.45) is 10.9. The van der Waals surface area contributed by atoms with Gasteiger partial charge in [0.2, 0.25) is 0 Å². The van der Waals surface area contributed by atoms with Crippen LogP contribution in [0.2, 0.25) is 0 Å². The van der Waals surface area contributed by atoms with Crippen LogP contribution in [0.1, 0.15) is 45.6 Å². The molecule has 0 fully saturated rings. The molecule has 0 spiro atoms. The zero-order valence-corrected chi connectivity index (χ0v) is 16.6. The predicted molar refractivity (Wildman–Crippen MR) is 117 cm³/mol. The number of nitrogens with one attached hydrogen (secondary N) is 1. The zero-order chi connectivity index (χ0) is 19.6. The van der Waals surface area contributed by atoms with Gasteiger partial charge in [0, 0.05) is 23.4 Å². The van der Waals surface area contributed by atoms with Crippen molar-refractivity contribution in [2.45, 2.75) is 34.1 Å². The van der Waals surface area contributed by atoms with E-state index in [0.717, 1.165) is 29.1 Å². The Bertz CT molecular complexity index is 964. The maximum absolute atomic E-state index is 6.07. The van der Waals surface area contributed by atoms with E-state index in [-0.39, 0.29) is 0 Å². The van der Waals surface area contributed by atoms with Gasteiger partial charge in [-0.3, -0.25) is 4.49 Å². The number of H-pyrrole nitrogens is 1. The number of benzene rings is 1. The molecular weight excluding hydrogens is 329 g/mol. The van der Waals surface area contributed by atoms with Crippen LogP contribution in [-0.2, 0) is 0 Å². The first-order valence-corrected chi connectivity index (χ1v) is 9.35. The number of aromatic nitrogens is 1. The molecule has 1 aliphatic heterocycles. The van der Waals surface area contributed by atoms with Crippen LogP contribution >= 0.6 is 0 Å². The van der Waals surface area contributed by atoms with Crippen LogP contribution in [0.4, 0.5) is 0 Å². The van der Waals surface area contributed by atoms with Crippen molar-refractivity contribution in [3.63, 3.8) is 0 Å². The molecule has 3 nitrogen and oxygen atoms in total. The quantitative estimate of drug-likeness (QED) is 0.775. The lowest BCUT2D eigenvalue weighted by atomic mass is 9.99. The smallest absolute Gasteiger partial charge is 0.355 e. The number of hydrogen-bond acceptors (Lipinski definition) is 1. The summed E-state index contributed by atoms with van der Waals surface area (Å²) in [6, 6.07) is 6.62. The average molecular weight is 356 g/mol. The van der Waals surface area contributed by atoms with Crippen LogP contribution in [0.5, 0.6) is 0 Å². The molecule has 1 aliphatic rings. The Labute approximate surface area is 163 Å². The summed E-state index contributed by atoms with van der Waals surface area (Å²) in [7, 11) is 6.07. The van der Waals surface area contributed by atoms with Gasteiger partial charge < -0.3 is 10.7 Å². The van der Waals surface area contributed by atoms with E-state index < -0.39 is 0 Å². The maximum Gasteiger partial charge on any atom is 0.586 e. The lowest BCUT2D eigenvalue weighted by Gasteiger charge is -2.08. The van der Waals surface area contributed by atoms with E-state index in [0.29, 0.717) is 6.54 Å². The van der Waals surface area contributed by atoms with Gasteiger partial charge in [0.15, 0.2) is 5.70 Å². The fourth-order valence-electron chi connectivity index (χ4n) is 3.79. The second-order valence-electron chi connectivity index (χ2n) is 7.25. The van der Waals surface area contributed by atoms with E-state index in [2.05, 4.69) is 63.0 Å². The van der Waals surface area contributed by atoms with Gasteiger partial charge in [-0.1, -0.05) is 23.8 Å². The third kappa shape index (κ3) is 4.06. The molecule has 3 N–H and O–H groups in total. The molecule has 0 aliphatic carbocycles. The van der Waals surface area contributed by atoms with Crippen molar-refractivity contribution in [3.8, 4) is 0 Å². The van der Waals surface area contributed by atoms with Crippen molar-refractivity contribution in [1.29, 1.82) is 0 Å². The molecule has 136 valence electrons. The Morgan fingerprint density at radius 3 is 2.37 bits per heavy atom. The fourth-order valence-corrected chi connectivity index (χ4v) is 3.79. The second-order valence-corrected chi connectivity index (χ2v) is 7.25. The Kier molecular flexibility index (Phi) is 5.66. The minimum Gasteiger partial charge on any atom is -0.355 e. The van der Waals surface area contributed by atoms with Gasteiger partial charge in [0.25, 0.3) is 0 Å². The molecule has 1 aromatic heterocycles. The Morgan fingerprint density at radius 1 is 1.07 bits per heavy atom. The van der Waals surface area contributed by atoms with Gasteiger partial charge in [-0.25, -0.2) is 0 Å². The standard InChI is InChI=1S/C23H27BN3/c1-15-12-16(2)20(17(3)13-15)8-7-19-14-18(4)23(26-19)21(9-10-25)22-6-5-11-27(22)24/h5-8,11-14,26H,9-10,25H2,1-4H3/q+1/b8-7+. The van der Waals surface area contributed by atoms with Crippen LogP contribution in [0.25, 0.3) is 17.7 Å². The van der Waals surface area contributed by atoms with E-state index in [1.165, 1.54) is 27.8 Å². The van der Waals surface area contributed by atoms with Crippen molar-refractivity contribution >= 4 is 31.9 Å². The monoisotopic (exact) mass is 356 g/mol. The summed E-state index contributed by atoms with van der Waals surface area (Å²) in [5, 5.41) is 0. The van der Waals surface area contributed by atoms with E-state index in [4.69, 9.17) is 13.7 Å². The topological polar surface area (TPSA) is 44.8 Å². The molecule has 4 heteroatoms. The zero-order valence-electron chi connectivity index (χ0n) is 16.6. The van der Waals surface area contributed by atoms with Crippen molar-refractivity contribution in [2.75, 3.05) is 6.54 Å². The summed E-state index contributed by atoms with van der Waals surface area (Å²) in [5.41, 5.74) is 16.5. The van der Waals surface area contributed by atoms with Crippen LogP contribution in [0.3, 0.4) is 0 Å². The Hall–Kier alpha value is -2.59. The third-order valence-electron chi connectivity index (χ3n) is 4.99. The molecule has 0 amide bonds. The van der Waals surface area contributed by atoms with Crippen LogP contribution < -0.4 is 5.73 Å². The molecular formula is C23H27BN3+. The summed E-state index contributed by atoms with van der Waals surface area (Å²) in [6.45, 7) is 9.15. The van der Waals surface area contributed by atoms with E-state index in [1.807, 2.05) is 18.4 Å². The van der Waals surface area contributed by atoms with E-state index >= 15 is 0 Å². The minimum absolute atomic E-state index is 0.575. The number of nitrogens with zero attached hydrogens (tertiary/aromatic N) is 1. The molecule has 0 atom stereocenters. The first kappa shape index (κ1) is 19.2. The average Bonchev–Trinajstić information content (AvgIpc) is 3.17. The third-order valence-corrected chi connectivity index (χ3v) is 4.99. The summed E-state index contributed by atoms with van der Waals surface area (Å²) >= 11 is 0. The molecule has 0 bridgehead atoms. The highest BCUT2D eigenvalue weighted by atomic mass is 14.9. The van der Waals surface area contributed by atoms with E-state index in [9.17, 15) is 0 Å². The number of aromatic amines is 1. The second kappa shape index (κ2) is 7.97. The molecule has 3 rings (SSSR count). The largest absolute Gasteiger partial charge is 0.586 e. The molecule has 0 saturated heterocycles. The lowest BCUT2D eigenvalue weighted by molar-refractivity contribution is -0.294. The Morgan fingerprint density at radius 2 is 1.78 bits per heavy atom. The van der Waals surface area contributed by atoms with Gasteiger partial charge in [-0.15, -0.1) is 0 Å². The number of aryl methyl sites for hydroxylation is 4. The molecule has 0 saturated carbocycles. The summed E-state index contributed by atoms with van der Waals surface area (Å²) in [5.74, 6) is 0. The molecule has 2 heterocycles. The number of hydrogen-bond donors (Lipinski definition) is 2. The first-order valence-electron chi connectivity index (χ1n) is 9.35. The lowest BCUT2D eigenvalue weighted by Crippen LogP contribution is -2.09. The summed E-state index contributed by atoms with van der Waals surface area (Å²) in [4.78, 5) is 3.55. The highest BCUT2D eigenvalue weighted by molar-refractivity contribution is 6.01. The van der Waals surface area contributed by atoms with Crippen LogP contribution in [0.15, 0.2) is 36.0 Å². The van der Waals surface area contributed by atoms with Crippen molar-refractivity contribution in [1.82, 2.24) is 4.98 Å². The van der Waals surface area contributed by atoms with Crippen LogP contribution in [-0.4, -0.2) is 30.2 Å². The van der Waals surface area contributed by atoms with Crippen molar-refractivity contribution in [2.24, 2.45) is 5.73 Å². The number of rotatable bonds is 5. The molecule has 27 heavy (non-hydrogen) atoms. The normalized spacial score (nSPS) is 15.7. The van der Waals surface area contributed by atoms with Crippen molar-refractivity contribution in [3.05, 3.63) is 75.3 Å². The maximum atomic E-state index is 6.07. The molecule has 2 aromatic rings. The van der Waals surface area contributed by atoms with Gasteiger partial charge in [-0.2, -0.15) is 0 Å². The van der Waals surface area contributed by atoms with Gasteiger partial charge in [-0.05, 0) is 75.1 Å². The van der Waals surface area contributed by atoms with Gasteiger partial charge in [0.05, 0.1) is 5.69 Å². The molecule has 1 aromatic carbocycles.